The van der Waals surface area contributed by atoms with Crippen molar-refractivity contribution in [1.29, 1.82) is 0 Å². The van der Waals surface area contributed by atoms with Crippen LogP contribution in [-0.2, 0) is 27.4 Å². The molecule has 0 fully saturated rings. The molecule has 0 aliphatic carbocycles. The van der Waals surface area contributed by atoms with Gasteiger partial charge in [-0.15, -0.1) is 0 Å². The van der Waals surface area contributed by atoms with Gasteiger partial charge in [0.05, 0.1) is 9.79 Å². The molecular weight excluding hydrogens is 649 g/mol. The fourth-order valence-corrected chi connectivity index (χ4v) is 9.29. The molecule has 3 nitrogen and oxygen atoms in total. The highest BCUT2D eigenvalue weighted by molar-refractivity contribution is 8.01. The maximum absolute atomic E-state index is 10.8. The SMILES string of the molecule is CCCCCCCCCCCCc1ccc(S(=O)(=O)[O-])cc1.c1ccc(Sc2ccccc2[S+](c2ccccc2)c2ccccc2)cc1. The summed E-state index contributed by atoms with van der Waals surface area (Å²) >= 11 is 1.84. The standard InChI is InChI=1S/C24H19S2.C18H30O3S/c1-4-12-20(13-5-1)25-23-18-10-11-19-24(23)26(21-14-6-2-7-15-21)22-16-8-3-9-17-22;1-2-3-4-5-6-7-8-9-10-11-12-17-13-15-18(16-14-17)22(19,20)21/h1-19H;13-16H,2-12H2,1H3,(H,19,20,21)/q+1;/p-1. The highest BCUT2D eigenvalue weighted by Gasteiger charge is 2.31. The molecule has 0 heterocycles. The molecule has 0 saturated carbocycles. The van der Waals surface area contributed by atoms with Gasteiger partial charge in [-0.2, -0.15) is 0 Å². The number of rotatable bonds is 17. The van der Waals surface area contributed by atoms with Gasteiger partial charge in [0.1, 0.15) is 21.0 Å². The summed E-state index contributed by atoms with van der Waals surface area (Å²) in [5, 5.41) is 0. The monoisotopic (exact) mass is 696 g/mol. The van der Waals surface area contributed by atoms with Crippen molar-refractivity contribution in [2.75, 3.05) is 0 Å². The summed E-state index contributed by atoms with van der Waals surface area (Å²) in [5.74, 6) is 0. The summed E-state index contributed by atoms with van der Waals surface area (Å²) < 4.78 is 32.5. The summed E-state index contributed by atoms with van der Waals surface area (Å²) in [6, 6.07) is 47.3. The molecule has 0 saturated heterocycles. The van der Waals surface area contributed by atoms with Crippen LogP contribution in [0.5, 0.6) is 0 Å². The predicted molar refractivity (Wildman–Crippen MR) is 202 cm³/mol. The molecule has 252 valence electrons. The topological polar surface area (TPSA) is 57.2 Å². The number of aryl methyl sites for hydroxylation is 1. The second-order valence-electron chi connectivity index (χ2n) is 11.8. The van der Waals surface area contributed by atoms with Gasteiger partial charge < -0.3 is 4.55 Å². The fraction of sp³-hybridized carbons (Fsp3) is 0.286. The lowest BCUT2D eigenvalue weighted by Crippen LogP contribution is -2.05. The molecule has 5 rings (SSSR count). The van der Waals surface area contributed by atoms with Crippen LogP contribution in [0.25, 0.3) is 0 Å². The summed E-state index contributed by atoms with van der Waals surface area (Å²) in [6.45, 7) is 2.24. The molecule has 0 spiro atoms. The fourth-order valence-electron chi connectivity index (χ4n) is 5.46. The maximum atomic E-state index is 10.8. The van der Waals surface area contributed by atoms with Crippen LogP contribution in [0.1, 0.15) is 76.7 Å². The summed E-state index contributed by atoms with van der Waals surface area (Å²) in [5.41, 5.74) is 1.10. The Balaban J connectivity index is 0.000000221. The van der Waals surface area contributed by atoms with Gasteiger partial charge in [-0.3, -0.25) is 0 Å². The first-order chi connectivity index (χ1) is 23.5. The van der Waals surface area contributed by atoms with Crippen LogP contribution in [0.3, 0.4) is 0 Å². The average Bonchev–Trinajstić information content (AvgIpc) is 3.11. The lowest BCUT2D eigenvalue weighted by molar-refractivity contribution is 0.463. The lowest BCUT2D eigenvalue weighted by atomic mass is 10.0. The van der Waals surface area contributed by atoms with E-state index < -0.39 is 10.1 Å². The first-order valence-corrected chi connectivity index (χ1v) is 20.6. The van der Waals surface area contributed by atoms with E-state index in [0.717, 1.165) is 18.4 Å². The van der Waals surface area contributed by atoms with Crippen molar-refractivity contribution >= 4 is 32.8 Å². The van der Waals surface area contributed by atoms with E-state index in [0.29, 0.717) is 0 Å². The number of unbranched alkanes of at least 4 members (excludes halogenated alkanes) is 9. The van der Waals surface area contributed by atoms with E-state index in [1.165, 1.54) is 94.4 Å². The molecule has 0 unspecified atom stereocenters. The van der Waals surface area contributed by atoms with Crippen LogP contribution in [0.4, 0.5) is 0 Å². The van der Waals surface area contributed by atoms with Crippen LogP contribution < -0.4 is 0 Å². The summed E-state index contributed by atoms with van der Waals surface area (Å²) in [7, 11) is -4.43. The minimum atomic E-state index is -4.31. The first kappa shape index (κ1) is 37.5. The quantitative estimate of drug-likeness (QED) is 0.0552. The van der Waals surface area contributed by atoms with E-state index in [1.807, 2.05) is 11.8 Å². The molecule has 48 heavy (non-hydrogen) atoms. The molecule has 0 aliphatic rings. The van der Waals surface area contributed by atoms with Gasteiger partial charge in [0.2, 0.25) is 0 Å². The number of benzene rings is 5. The van der Waals surface area contributed by atoms with Gasteiger partial charge in [-0.1, -0.05) is 155 Å². The minimum Gasteiger partial charge on any atom is -0.744 e. The van der Waals surface area contributed by atoms with Crippen molar-refractivity contribution in [3.8, 4) is 0 Å². The van der Waals surface area contributed by atoms with E-state index in [9.17, 15) is 13.0 Å². The Morgan fingerprint density at radius 1 is 0.542 bits per heavy atom. The van der Waals surface area contributed by atoms with Crippen LogP contribution in [0.2, 0.25) is 0 Å². The van der Waals surface area contributed by atoms with Gasteiger partial charge in [0, 0.05) is 4.90 Å². The second kappa shape index (κ2) is 20.9. The Hall–Kier alpha value is -3.29. The minimum absolute atomic E-state index is 0.121. The van der Waals surface area contributed by atoms with Crippen LogP contribution in [0.15, 0.2) is 169 Å². The van der Waals surface area contributed by atoms with Gasteiger partial charge in [0.15, 0.2) is 14.7 Å². The predicted octanol–water partition coefficient (Wildman–Crippen LogP) is 12.0. The van der Waals surface area contributed by atoms with Gasteiger partial charge in [-0.05, 0) is 79.1 Å². The Morgan fingerprint density at radius 3 is 1.52 bits per heavy atom. The molecule has 0 N–H and O–H groups in total. The summed E-state index contributed by atoms with van der Waals surface area (Å²) in [4.78, 5) is 6.51. The van der Waals surface area contributed by atoms with Crippen LogP contribution in [0, 0.1) is 0 Å². The van der Waals surface area contributed by atoms with Gasteiger partial charge >= 0.3 is 0 Å². The highest BCUT2D eigenvalue weighted by Crippen LogP contribution is 2.39. The van der Waals surface area contributed by atoms with E-state index in [4.69, 9.17) is 0 Å². The van der Waals surface area contributed by atoms with E-state index >= 15 is 0 Å². The average molecular weight is 697 g/mol. The number of hydrogen-bond donors (Lipinski definition) is 0. The molecular formula is C42H48O3S3. The van der Waals surface area contributed by atoms with Crippen molar-refractivity contribution in [3.05, 3.63) is 145 Å². The molecule has 0 radical (unpaired) electrons. The largest absolute Gasteiger partial charge is 0.744 e. The molecule has 0 amide bonds. The number of hydrogen-bond acceptors (Lipinski definition) is 4. The van der Waals surface area contributed by atoms with Crippen LogP contribution in [-0.4, -0.2) is 13.0 Å². The van der Waals surface area contributed by atoms with Crippen molar-refractivity contribution in [3.63, 3.8) is 0 Å². The van der Waals surface area contributed by atoms with E-state index in [2.05, 4.69) is 122 Å². The zero-order chi connectivity index (χ0) is 33.9. The maximum Gasteiger partial charge on any atom is 0.180 e. The first-order valence-electron chi connectivity index (χ1n) is 17.2. The van der Waals surface area contributed by atoms with Gasteiger partial charge in [-0.25, -0.2) is 8.42 Å². The lowest BCUT2D eigenvalue weighted by Gasteiger charge is -2.11. The third kappa shape index (κ3) is 13.0. The molecule has 6 heteroatoms. The molecule has 0 bridgehead atoms. The van der Waals surface area contributed by atoms with Gasteiger partial charge in [0.25, 0.3) is 0 Å². The molecule has 5 aromatic carbocycles. The van der Waals surface area contributed by atoms with E-state index in [1.54, 1.807) is 12.1 Å². The molecule has 5 aromatic rings. The van der Waals surface area contributed by atoms with Crippen LogP contribution >= 0.6 is 11.8 Å². The van der Waals surface area contributed by atoms with Crippen molar-refractivity contribution in [2.45, 2.75) is 107 Å². The van der Waals surface area contributed by atoms with Crippen molar-refractivity contribution in [2.24, 2.45) is 0 Å². The third-order valence-electron chi connectivity index (χ3n) is 8.03. The Bertz CT molecular complexity index is 1650. The highest BCUT2D eigenvalue weighted by atomic mass is 32.2. The Morgan fingerprint density at radius 2 is 1.00 bits per heavy atom. The normalized spacial score (nSPS) is 11.2. The van der Waals surface area contributed by atoms with Crippen molar-refractivity contribution in [1.82, 2.24) is 0 Å². The summed E-state index contributed by atoms with van der Waals surface area (Å²) in [6.07, 6.45) is 14.0. The zero-order valence-corrected chi connectivity index (χ0v) is 30.5. The Kier molecular flexibility index (Phi) is 16.4. The Labute approximate surface area is 296 Å². The molecule has 0 aliphatic heterocycles. The third-order valence-corrected chi connectivity index (χ3v) is 12.4. The zero-order valence-electron chi connectivity index (χ0n) is 28.0. The smallest absolute Gasteiger partial charge is 0.180 e. The van der Waals surface area contributed by atoms with E-state index in [-0.39, 0.29) is 15.8 Å². The molecule has 0 aromatic heterocycles. The van der Waals surface area contributed by atoms with Crippen molar-refractivity contribution < 1.29 is 13.0 Å². The second-order valence-corrected chi connectivity index (χ2v) is 16.3. The molecule has 0 atom stereocenters.